The molecule has 1 aromatic rings. The van der Waals surface area contributed by atoms with E-state index in [1.807, 2.05) is 0 Å². The van der Waals surface area contributed by atoms with Crippen LogP contribution in [-0.2, 0) is 0 Å². The summed E-state index contributed by atoms with van der Waals surface area (Å²) in [4.78, 5) is 2.50. The molecule has 0 aromatic heterocycles. The fraction of sp³-hybridized carbons (Fsp3) is 0.619. The lowest BCUT2D eigenvalue weighted by atomic mass is 9.80. The van der Waals surface area contributed by atoms with Crippen LogP contribution in [0.3, 0.4) is 0 Å². The van der Waals surface area contributed by atoms with Crippen molar-refractivity contribution >= 4 is 8.80 Å². The Labute approximate surface area is 145 Å². The molecule has 0 saturated carbocycles. The van der Waals surface area contributed by atoms with E-state index >= 15 is 0 Å². The van der Waals surface area contributed by atoms with Gasteiger partial charge in [0, 0.05) is 7.05 Å². The summed E-state index contributed by atoms with van der Waals surface area (Å²) in [5.41, 5.74) is 5.85. The van der Waals surface area contributed by atoms with Gasteiger partial charge in [-0.05, 0) is 61.9 Å². The first-order valence-corrected chi connectivity index (χ1v) is 12.2. The summed E-state index contributed by atoms with van der Waals surface area (Å²) in [7, 11) is 1.53. The van der Waals surface area contributed by atoms with E-state index in [9.17, 15) is 0 Å². The zero-order valence-corrected chi connectivity index (χ0v) is 17.6. The van der Waals surface area contributed by atoms with Crippen molar-refractivity contribution in [1.29, 1.82) is 0 Å². The van der Waals surface area contributed by atoms with E-state index in [0.29, 0.717) is 6.04 Å². The summed E-state index contributed by atoms with van der Waals surface area (Å²) in [5.74, 6) is 1.56. The van der Waals surface area contributed by atoms with Gasteiger partial charge < -0.3 is 4.90 Å². The van der Waals surface area contributed by atoms with Crippen LogP contribution in [0.4, 0.5) is 0 Å². The van der Waals surface area contributed by atoms with Crippen molar-refractivity contribution in [2.75, 3.05) is 7.05 Å². The molecular weight excluding hydrogens is 294 g/mol. The topological polar surface area (TPSA) is 3.24 Å². The van der Waals surface area contributed by atoms with Crippen molar-refractivity contribution in [3.63, 3.8) is 0 Å². The third-order valence-corrected chi connectivity index (χ3v) is 7.87. The van der Waals surface area contributed by atoms with Crippen LogP contribution in [0.5, 0.6) is 0 Å². The van der Waals surface area contributed by atoms with Gasteiger partial charge in [0.2, 0.25) is 0 Å². The van der Waals surface area contributed by atoms with Crippen molar-refractivity contribution in [2.45, 2.75) is 66.6 Å². The van der Waals surface area contributed by atoms with Crippen LogP contribution < -0.4 is 0 Å². The fourth-order valence-corrected chi connectivity index (χ4v) is 6.01. The maximum absolute atomic E-state index is 2.51. The third-order valence-electron chi connectivity index (χ3n) is 5.96. The second kappa shape index (κ2) is 7.25. The van der Waals surface area contributed by atoms with Crippen LogP contribution >= 0.6 is 0 Å². The molecule has 2 heteroatoms. The van der Waals surface area contributed by atoms with Crippen LogP contribution in [0.25, 0.3) is 0 Å². The lowest BCUT2D eigenvalue weighted by Gasteiger charge is -2.42. The number of aryl methyl sites for hydroxylation is 2. The zero-order chi connectivity index (χ0) is 17.3. The number of rotatable bonds is 4. The first-order valence-electron chi connectivity index (χ1n) is 9.27. The Morgan fingerprint density at radius 2 is 1.87 bits per heavy atom. The van der Waals surface area contributed by atoms with Gasteiger partial charge in [-0.2, -0.15) is 0 Å². The maximum Gasteiger partial charge on any atom is 0.0618 e. The Hall–Kier alpha value is -1.02. The summed E-state index contributed by atoms with van der Waals surface area (Å²) in [6, 6.07) is 5.27. The Kier molecular flexibility index (Phi) is 5.78. The standard InChI is InChI=1S/C21H35NSi/c1-9-15(3)18-12-20(22(6)13-21(18)23(7)8)19-11-14(2)10-16(4)17(19)5/h10-11,13,15,18,20,23H,9,12H2,1-8H3. The second-order valence-corrected chi connectivity index (χ2v) is 11.0. The van der Waals surface area contributed by atoms with Crippen LogP contribution in [0, 0.1) is 32.6 Å². The highest BCUT2D eigenvalue weighted by Gasteiger charge is 2.33. The minimum Gasteiger partial charge on any atom is -0.374 e. The second-order valence-electron chi connectivity index (χ2n) is 7.99. The first kappa shape index (κ1) is 18.3. The number of benzene rings is 1. The quantitative estimate of drug-likeness (QED) is 0.654. The molecule has 0 N–H and O–H groups in total. The van der Waals surface area contributed by atoms with Crippen molar-refractivity contribution in [3.8, 4) is 0 Å². The molecule has 23 heavy (non-hydrogen) atoms. The molecule has 2 rings (SSSR count). The van der Waals surface area contributed by atoms with Gasteiger partial charge in [-0.3, -0.25) is 0 Å². The molecule has 1 aromatic carbocycles. The zero-order valence-electron chi connectivity index (χ0n) is 16.4. The monoisotopic (exact) mass is 329 g/mol. The average molecular weight is 330 g/mol. The van der Waals surface area contributed by atoms with Gasteiger partial charge in [-0.1, -0.05) is 56.3 Å². The van der Waals surface area contributed by atoms with E-state index in [1.54, 1.807) is 10.8 Å². The number of allylic oxidation sites excluding steroid dienone is 1. The smallest absolute Gasteiger partial charge is 0.0618 e. The van der Waals surface area contributed by atoms with Crippen LogP contribution in [0.15, 0.2) is 23.5 Å². The molecule has 1 heterocycles. The number of hydrogen-bond donors (Lipinski definition) is 0. The van der Waals surface area contributed by atoms with Gasteiger partial charge in [-0.25, -0.2) is 0 Å². The Bertz CT molecular complexity index is 588. The largest absolute Gasteiger partial charge is 0.374 e. The highest BCUT2D eigenvalue weighted by atomic mass is 28.3. The number of nitrogens with zero attached hydrogens (tertiary/aromatic N) is 1. The molecule has 0 bridgehead atoms. The molecule has 128 valence electrons. The van der Waals surface area contributed by atoms with E-state index < -0.39 is 8.80 Å². The summed E-state index contributed by atoms with van der Waals surface area (Å²) >= 11 is 0. The van der Waals surface area contributed by atoms with E-state index in [0.717, 1.165) is 11.8 Å². The lowest BCUT2D eigenvalue weighted by molar-refractivity contribution is 0.226. The normalized spacial score (nSPS) is 23.2. The van der Waals surface area contributed by atoms with Crippen LogP contribution in [0.1, 0.15) is 55.0 Å². The summed E-state index contributed by atoms with van der Waals surface area (Å²) in [5, 5.41) is 1.78. The van der Waals surface area contributed by atoms with E-state index in [-0.39, 0.29) is 0 Å². The average Bonchev–Trinajstić information content (AvgIpc) is 2.49. The fourth-order valence-electron chi connectivity index (χ4n) is 4.15. The summed E-state index contributed by atoms with van der Waals surface area (Å²) < 4.78 is 0. The molecule has 0 saturated heterocycles. The number of hydrogen-bond acceptors (Lipinski definition) is 1. The molecule has 0 radical (unpaired) electrons. The van der Waals surface area contributed by atoms with Crippen LogP contribution in [-0.4, -0.2) is 20.7 Å². The van der Waals surface area contributed by atoms with Crippen molar-refractivity contribution in [3.05, 3.63) is 45.8 Å². The molecule has 1 aliphatic rings. The van der Waals surface area contributed by atoms with E-state index in [4.69, 9.17) is 0 Å². The van der Waals surface area contributed by atoms with E-state index in [2.05, 4.69) is 78.0 Å². The maximum atomic E-state index is 2.51. The minimum atomic E-state index is -0.752. The van der Waals surface area contributed by atoms with Gasteiger partial charge in [0.25, 0.3) is 0 Å². The lowest BCUT2D eigenvalue weighted by Crippen LogP contribution is -2.35. The summed E-state index contributed by atoms with van der Waals surface area (Å²) in [6.45, 7) is 16.5. The van der Waals surface area contributed by atoms with Crippen molar-refractivity contribution in [2.24, 2.45) is 11.8 Å². The Balaban J connectivity index is 2.46. The SMILES string of the molecule is CCC(C)C1CC(c2cc(C)cc(C)c2C)N(C)C=C1[SiH](C)C. The van der Waals surface area contributed by atoms with Gasteiger partial charge >= 0.3 is 0 Å². The highest BCUT2D eigenvalue weighted by Crippen LogP contribution is 2.42. The van der Waals surface area contributed by atoms with Crippen molar-refractivity contribution < 1.29 is 0 Å². The molecule has 0 amide bonds. The molecule has 3 atom stereocenters. The first-order chi connectivity index (χ1) is 10.8. The predicted octanol–water partition coefficient (Wildman–Crippen LogP) is 5.56. The molecule has 0 fully saturated rings. The molecule has 0 spiro atoms. The van der Waals surface area contributed by atoms with Crippen molar-refractivity contribution in [1.82, 2.24) is 4.90 Å². The highest BCUT2D eigenvalue weighted by molar-refractivity contribution is 6.64. The Morgan fingerprint density at radius 3 is 2.43 bits per heavy atom. The molecular formula is C21H35NSi. The third kappa shape index (κ3) is 3.73. The Morgan fingerprint density at radius 1 is 1.22 bits per heavy atom. The van der Waals surface area contributed by atoms with Gasteiger partial charge in [0.1, 0.15) is 0 Å². The predicted molar refractivity (Wildman–Crippen MR) is 106 cm³/mol. The minimum absolute atomic E-state index is 0.532. The molecule has 1 nitrogen and oxygen atoms in total. The van der Waals surface area contributed by atoms with Gasteiger partial charge in [0.05, 0.1) is 14.8 Å². The van der Waals surface area contributed by atoms with Gasteiger partial charge in [-0.15, -0.1) is 0 Å². The summed E-state index contributed by atoms with van der Waals surface area (Å²) in [6.07, 6.45) is 5.08. The molecule has 3 unspecified atom stereocenters. The van der Waals surface area contributed by atoms with Crippen LogP contribution in [0.2, 0.25) is 13.1 Å². The molecule has 1 aliphatic heterocycles. The van der Waals surface area contributed by atoms with Gasteiger partial charge in [0.15, 0.2) is 0 Å². The molecule has 0 aliphatic carbocycles. The van der Waals surface area contributed by atoms with E-state index in [1.165, 1.54) is 29.5 Å².